The quantitative estimate of drug-likeness (QED) is 0.797. The number of aryl methyl sites for hydroxylation is 1. The van der Waals surface area contributed by atoms with Gasteiger partial charge in [-0.1, -0.05) is 0 Å². The molecule has 0 aliphatic carbocycles. The maximum atomic E-state index is 12.4. The molecule has 0 saturated carbocycles. The molecule has 1 atom stereocenters. The van der Waals surface area contributed by atoms with E-state index < -0.39 is 6.17 Å². The van der Waals surface area contributed by atoms with Crippen molar-refractivity contribution in [2.45, 2.75) is 20.0 Å². The van der Waals surface area contributed by atoms with Gasteiger partial charge in [0, 0.05) is 16.8 Å². The number of amides is 1. The van der Waals surface area contributed by atoms with Gasteiger partial charge in [-0.15, -0.1) is 11.3 Å². The molecule has 13 heavy (non-hydrogen) atoms. The van der Waals surface area contributed by atoms with E-state index in [2.05, 4.69) is 5.32 Å². The number of rotatable bonds is 3. The van der Waals surface area contributed by atoms with Crippen molar-refractivity contribution in [1.82, 2.24) is 5.32 Å². The van der Waals surface area contributed by atoms with Crippen molar-refractivity contribution in [3.05, 3.63) is 21.9 Å². The third kappa shape index (κ3) is 3.14. The van der Waals surface area contributed by atoms with Crippen LogP contribution in [0.2, 0.25) is 0 Å². The van der Waals surface area contributed by atoms with Crippen LogP contribution in [-0.4, -0.2) is 18.6 Å². The van der Waals surface area contributed by atoms with Crippen molar-refractivity contribution in [2.75, 3.05) is 6.54 Å². The average Bonchev–Trinajstić information content (AvgIpc) is 2.47. The molecule has 0 spiro atoms. The second-order valence-electron chi connectivity index (χ2n) is 2.94. The van der Waals surface area contributed by atoms with Gasteiger partial charge in [-0.3, -0.25) is 4.79 Å². The molecule has 0 radical (unpaired) electrons. The van der Waals surface area contributed by atoms with Gasteiger partial charge in [-0.25, -0.2) is 4.39 Å². The van der Waals surface area contributed by atoms with Crippen LogP contribution in [0, 0.1) is 6.92 Å². The lowest BCUT2D eigenvalue weighted by molar-refractivity contribution is 0.0944. The van der Waals surface area contributed by atoms with Gasteiger partial charge in [0.1, 0.15) is 6.17 Å². The Bertz CT molecular complexity index is 296. The minimum absolute atomic E-state index is 0.0771. The molecule has 1 aromatic heterocycles. The van der Waals surface area contributed by atoms with Crippen LogP contribution in [0.15, 0.2) is 11.4 Å². The molecule has 1 unspecified atom stereocenters. The van der Waals surface area contributed by atoms with Gasteiger partial charge < -0.3 is 5.32 Å². The minimum atomic E-state index is -0.997. The van der Waals surface area contributed by atoms with Crippen LogP contribution < -0.4 is 5.32 Å². The smallest absolute Gasteiger partial charge is 0.252 e. The molecule has 72 valence electrons. The summed E-state index contributed by atoms with van der Waals surface area (Å²) in [7, 11) is 0. The van der Waals surface area contributed by atoms with Crippen LogP contribution in [0.3, 0.4) is 0 Å². The zero-order valence-corrected chi connectivity index (χ0v) is 8.45. The Morgan fingerprint density at radius 2 is 2.46 bits per heavy atom. The minimum Gasteiger partial charge on any atom is -0.349 e. The van der Waals surface area contributed by atoms with Crippen molar-refractivity contribution in [3.8, 4) is 0 Å². The Morgan fingerprint density at radius 3 is 2.92 bits per heavy atom. The topological polar surface area (TPSA) is 29.1 Å². The molecule has 0 fully saturated rings. The molecule has 0 bridgehead atoms. The van der Waals surface area contributed by atoms with Gasteiger partial charge in [-0.2, -0.15) is 0 Å². The highest BCUT2D eigenvalue weighted by Gasteiger charge is 2.07. The van der Waals surface area contributed by atoms with E-state index in [0.717, 1.165) is 4.88 Å². The summed E-state index contributed by atoms with van der Waals surface area (Å²) < 4.78 is 12.4. The van der Waals surface area contributed by atoms with E-state index in [-0.39, 0.29) is 12.5 Å². The molecule has 0 aliphatic rings. The zero-order chi connectivity index (χ0) is 9.84. The first kappa shape index (κ1) is 10.2. The molecule has 1 rings (SSSR count). The van der Waals surface area contributed by atoms with Gasteiger partial charge in [0.2, 0.25) is 0 Å². The molecule has 0 aromatic carbocycles. The van der Waals surface area contributed by atoms with Crippen molar-refractivity contribution < 1.29 is 9.18 Å². The second-order valence-corrected chi connectivity index (χ2v) is 4.05. The fraction of sp³-hybridized carbons (Fsp3) is 0.444. The predicted octanol–water partition coefficient (Wildman–Crippen LogP) is 2.14. The lowest BCUT2D eigenvalue weighted by Gasteiger charge is -2.03. The van der Waals surface area contributed by atoms with Gasteiger partial charge >= 0.3 is 0 Å². The number of carbonyl (C=O) groups excluding carboxylic acids is 1. The Hall–Kier alpha value is -0.900. The summed E-state index contributed by atoms with van der Waals surface area (Å²) >= 11 is 1.51. The third-order valence-electron chi connectivity index (χ3n) is 1.54. The summed E-state index contributed by atoms with van der Waals surface area (Å²) in [5, 5.41) is 4.28. The molecule has 1 amide bonds. The van der Waals surface area contributed by atoms with Gasteiger partial charge in [-0.05, 0) is 19.9 Å². The van der Waals surface area contributed by atoms with Crippen molar-refractivity contribution in [2.24, 2.45) is 0 Å². The lowest BCUT2D eigenvalue weighted by atomic mass is 10.3. The van der Waals surface area contributed by atoms with E-state index in [0.29, 0.717) is 5.56 Å². The molecule has 1 aromatic rings. The van der Waals surface area contributed by atoms with Crippen LogP contribution in [-0.2, 0) is 0 Å². The largest absolute Gasteiger partial charge is 0.349 e. The van der Waals surface area contributed by atoms with E-state index in [1.807, 2.05) is 6.92 Å². The van der Waals surface area contributed by atoms with Crippen molar-refractivity contribution in [1.29, 1.82) is 0 Å². The Morgan fingerprint density at radius 1 is 1.77 bits per heavy atom. The monoisotopic (exact) mass is 201 g/mol. The maximum absolute atomic E-state index is 12.4. The van der Waals surface area contributed by atoms with Crippen LogP contribution in [0.4, 0.5) is 4.39 Å². The van der Waals surface area contributed by atoms with Crippen LogP contribution >= 0.6 is 11.3 Å². The molecule has 1 N–H and O–H groups in total. The summed E-state index contributed by atoms with van der Waals surface area (Å²) in [6.45, 7) is 3.42. The first-order valence-electron chi connectivity index (χ1n) is 4.07. The summed E-state index contributed by atoms with van der Waals surface area (Å²) in [6, 6.07) is 1.79. The van der Waals surface area contributed by atoms with E-state index in [9.17, 15) is 9.18 Å². The molecular formula is C9H12FNOS. The third-order valence-corrected chi connectivity index (χ3v) is 2.40. The number of nitrogens with one attached hydrogen (secondary N) is 1. The molecule has 0 aliphatic heterocycles. The standard InChI is InChI=1S/C9H12FNOS/c1-6(10)4-11-9(12)8-3-7(2)13-5-8/h3,5-6H,4H2,1-2H3,(H,11,12). The molecule has 2 nitrogen and oxygen atoms in total. The van der Waals surface area contributed by atoms with E-state index in [1.54, 1.807) is 11.4 Å². The Labute approximate surface area is 80.8 Å². The highest BCUT2D eigenvalue weighted by Crippen LogP contribution is 2.12. The van der Waals surface area contributed by atoms with Crippen LogP contribution in [0.25, 0.3) is 0 Å². The normalized spacial score (nSPS) is 12.5. The Kier molecular flexibility index (Phi) is 3.42. The zero-order valence-electron chi connectivity index (χ0n) is 7.63. The Balaban J connectivity index is 2.49. The van der Waals surface area contributed by atoms with Gasteiger partial charge in [0.05, 0.1) is 5.56 Å². The number of carbonyl (C=O) groups is 1. The number of hydrogen-bond donors (Lipinski definition) is 1. The van der Waals surface area contributed by atoms with Gasteiger partial charge in [0.15, 0.2) is 0 Å². The summed E-state index contributed by atoms with van der Waals surface area (Å²) in [6.07, 6.45) is -0.997. The predicted molar refractivity (Wildman–Crippen MR) is 52.0 cm³/mol. The lowest BCUT2D eigenvalue weighted by Crippen LogP contribution is -2.28. The van der Waals surface area contributed by atoms with Crippen LogP contribution in [0.1, 0.15) is 22.2 Å². The number of alkyl halides is 1. The highest BCUT2D eigenvalue weighted by atomic mass is 32.1. The fourth-order valence-electron chi connectivity index (χ4n) is 0.898. The maximum Gasteiger partial charge on any atom is 0.252 e. The average molecular weight is 201 g/mol. The van der Waals surface area contributed by atoms with Crippen molar-refractivity contribution in [3.63, 3.8) is 0 Å². The SMILES string of the molecule is Cc1cc(C(=O)NCC(C)F)cs1. The van der Waals surface area contributed by atoms with E-state index >= 15 is 0 Å². The van der Waals surface area contributed by atoms with E-state index in [4.69, 9.17) is 0 Å². The van der Waals surface area contributed by atoms with E-state index in [1.165, 1.54) is 18.3 Å². The molecular weight excluding hydrogens is 189 g/mol. The summed E-state index contributed by atoms with van der Waals surface area (Å²) in [4.78, 5) is 12.4. The molecule has 0 saturated heterocycles. The van der Waals surface area contributed by atoms with Gasteiger partial charge in [0.25, 0.3) is 5.91 Å². The molecule has 4 heteroatoms. The highest BCUT2D eigenvalue weighted by molar-refractivity contribution is 7.10. The summed E-state index contributed by atoms with van der Waals surface area (Å²) in [5.41, 5.74) is 0.614. The number of hydrogen-bond acceptors (Lipinski definition) is 2. The number of thiophene rings is 1. The first-order chi connectivity index (χ1) is 6.09. The van der Waals surface area contributed by atoms with Crippen LogP contribution in [0.5, 0.6) is 0 Å². The summed E-state index contributed by atoms with van der Waals surface area (Å²) in [5.74, 6) is -0.200. The number of halogens is 1. The fourth-order valence-corrected chi connectivity index (χ4v) is 1.58. The second kappa shape index (κ2) is 4.37. The molecule has 1 heterocycles. The van der Waals surface area contributed by atoms with Crippen molar-refractivity contribution >= 4 is 17.2 Å². The first-order valence-corrected chi connectivity index (χ1v) is 4.95.